The number of rotatable bonds is 5. The minimum absolute atomic E-state index is 0.895. The van der Waals surface area contributed by atoms with Crippen molar-refractivity contribution in [3.8, 4) is 0 Å². The maximum Gasteiger partial charge on any atom is 0.258 e. The van der Waals surface area contributed by atoms with E-state index >= 15 is 0 Å². The average Bonchev–Trinajstić information content (AvgIpc) is 2.12. The smallest absolute Gasteiger partial charge is 0.258 e. The summed E-state index contributed by atoms with van der Waals surface area (Å²) in [5.74, 6) is -1.67. The fourth-order valence-corrected chi connectivity index (χ4v) is 0.628. The molecule has 0 bridgehead atoms. The lowest BCUT2D eigenvalue weighted by atomic mass is 10.1. The van der Waals surface area contributed by atoms with Gasteiger partial charge in [-0.2, -0.15) is 0 Å². The van der Waals surface area contributed by atoms with Crippen LogP contribution in [0.15, 0.2) is 0 Å². The molecule has 4 atom stereocenters. The molecule has 0 fully saturated rings. The highest BCUT2D eigenvalue weighted by molar-refractivity contribution is 5.86. The van der Waals surface area contributed by atoms with Gasteiger partial charge in [-0.25, -0.2) is 4.39 Å². The normalized spacial score (nSPS) is 20.5. The standard InChI is InChI=1S/C6H11FO6/c7-6(13)5(12)4(11)3(10)2(9)1-8/h2-4,6,8-11,13H,1H2/t2-,3-,4+,6?/m1/s1. The predicted molar refractivity (Wildman–Crippen MR) is 37.2 cm³/mol. The van der Waals surface area contributed by atoms with E-state index in [0.717, 1.165) is 0 Å². The van der Waals surface area contributed by atoms with Crippen molar-refractivity contribution in [1.29, 1.82) is 0 Å². The number of aliphatic hydroxyl groups excluding tert-OH is 5. The van der Waals surface area contributed by atoms with Crippen molar-refractivity contribution in [3.05, 3.63) is 0 Å². The zero-order chi connectivity index (χ0) is 10.6. The molecule has 0 amide bonds. The Morgan fingerprint density at radius 2 is 1.69 bits per heavy atom. The molecular weight excluding hydrogens is 187 g/mol. The van der Waals surface area contributed by atoms with Gasteiger partial charge in [-0.15, -0.1) is 0 Å². The van der Waals surface area contributed by atoms with Crippen molar-refractivity contribution < 1.29 is 34.7 Å². The number of aliphatic hydroxyl groups is 5. The molecule has 1 unspecified atom stereocenters. The van der Waals surface area contributed by atoms with Gasteiger partial charge in [-0.05, 0) is 0 Å². The molecular formula is C6H11FO6. The highest BCUT2D eigenvalue weighted by Gasteiger charge is 2.33. The largest absolute Gasteiger partial charge is 0.394 e. The van der Waals surface area contributed by atoms with Crippen LogP contribution in [0, 0.1) is 0 Å². The quantitative estimate of drug-likeness (QED) is 0.319. The number of alkyl halides is 1. The Hall–Kier alpha value is -0.600. The van der Waals surface area contributed by atoms with Crippen molar-refractivity contribution in [1.82, 2.24) is 0 Å². The molecule has 0 aromatic carbocycles. The van der Waals surface area contributed by atoms with Crippen LogP contribution in [0.1, 0.15) is 0 Å². The lowest BCUT2D eigenvalue weighted by molar-refractivity contribution is -0.156. The molecule has 0 aromatic heterocycles. The topological polar surface area (TPSA) is 118 Å². The number of carbonyl (C=O) groups is 1. The highest BCUT2D eigenvalue weighted by Crippen LogP contribution is 2.04. The summed E-state index contributed by atoms with van der Waals surface area (Å²) < 4.78 is 11.9. The molecule has 0 saturated carbocycles. The third-order valence-corrected chi connectivity index (χ3v) is 1.43. The monoisotopic (exact) mass is 198 g/mol. The second kappa shape index (κ2) is 5.20. The van der Waals surface area contributed by atoms with Crippen molar-refractivity contribution in [2.45, 2.75) is 24.7 Å². The minimum atomic E-state index is -2.92. The highest BCUT2D eigenvalue weighted by atomic mass is 19.1. The van der Waals surface area contributed by atoms with Crippen LogP contribution in [-0.4, -0.2) is 62.6 Å². The number of Topliss-reactive ketones (excluding diaryl/α,β-unsaturated/α-hetero) is 1. The van der Waals surface area contributed by atoms with E-state index in [1.54, 1.807) is 0 Å². The van der Waals surface area contributed by atoms with Gasteiger partial charge in [0, 0.05) is 0 Å². The van der Waals surface area contributed by atoms with Gasteiger partial charge in [0.15, 0.2) is 0 Å². The van der Waals surface area contributed by atoms with Crippen molar-refractivity contribution >= 4 is 5.78 Å². The van der Waals surface area contributed by atoms with E-state index in [-0.39, 0.29) is 0 Å². The van der Waals surface area contributed by atoms with Crippen LogP contribution in [-0.2, 0) is 4.79 Å². The van der Waals surface area contributed by atoms with E-state index in [2.05, 4.69) is 0 Å². The summed E-state index contributed by atoms with van der Waals surface area (Å²) in [5, 5.41) is 42.7. The van der Waals surface area contributed by atoms with Crippen molar-refractivity contribution in [2.24, 2.45) is 0 Å². The molecule has 0 aliphatic carbocycles. The Labute approximate surface area is 72.9 Å². The van der Waals surface area contributed by atoms with Crippen LogP contribution < -0.4 is 0 Å². The minimum Gasteiger partial charge on any atom is -0.394 e. The fourth-order valence-electron chi connectivity index (χ4n) is 0.628. The van der Waals surface area contributed by atoms with Gasteiger partial charge in [0.25, 0.3) is 6.36 Å². The molecule has 6 nitrogen and oxygen atoms in total. The van der Waals surface area contributed by atoms with Gasteiger partial charge >= 0.3 is 0 Å². The molecule has 7 heteroatoms. The summed E-state index contributed by atoms with van der Waals surface area (Å²) in [6, 6.07) is 0. The first kappa shape index (κ1) is 12.4. The van der Waals surface area contributed by atoms with E-state index in [9.17, 15) is 9.18 Å². The first-order valence-corrected chi connectivity index (χ1v) is 3.42. The molecule has 0 rings (SSSR count). The molecule has 0 spiro atoms. The van der Waals surface area contributed by atoms with Gasteiger partial charge in [-0.1, -0.05) is 0 Å². The number of halogens is 1. The predicted octanol–water partition coefficient (Wildman–Crippen LogP) is -3.08. The van der Waals surface area contributed by atoms with E-state index in [1.165, 1.54) is 0 Å². The van der Waals surface area contributed by atoms with E-state index in [4.69, 9.17) is 25.5 Å². The molecule has 0 heterocycles. The SMILES string of the molecule is O=C(C(O)F)[C@@H](O)[C@H](O)[C@H](O)CO. The Morgan fingerprint density at radius 1 is 1.23 bits per heavy atom. The van der Waals surface area contributed by atoms with Gasteiger partial charge < -0.3 is 25.5 Å². The van der Waals surface area contributed by atoms with Crippen LogP contribution in [0.2, 0.25) is 0 Å². The number of hydrogen-bond acceptors (Lipinski definition) is 6. The zero-order valence-electron chi connectivity index (χ0n) is 6.54. The lowest BCUT2D eigenvalue weighted by Gasteiger charge is -2.20. The third kappa shape index (κ3) is 3.33. The first-order valence-electron chi connectivity index (χ1n) is 3.42. The van der Waals surface area contributed by atoms with E-state index < -0.39 is 37.1 Å². The Bertz CT molecular complexity index is 173. The van der Waals surface area contributed by atoms with Crippen molar-refractivity contribution in [3.63, 3.8) is 0 Å². The van der Waals surface area contributed by atoms with Crippen LogP contribution in [0.25, 0.3) is 0 Å². The second-order valence-electron chi connectivity index (χ2n) is 2.42. The van der Waals surface area contributed by atoms with Gasteiger partial charge in [0.2, 0.25) is 5.78 Å². The van der Waals surface area contributed by atoms with Crippen LogP contribution >= 0.6 is 0 Å². The van der Waals surface area contributed by atoms with Crippen LogP contribution in [0.3, 0.4) is 0 Å². The molecule has 13 heavy (non-hydrogen) atoms. The molecule has 0 aromatic rings. The molecule has 78 valence electrons. The van der Waals surface area contributed by atoms with Gasteiger partial charge in [0.1, 0.15) is 18.3 Å². The lowest BCUT2D eigenvalue weighted by Crippen LogP contribution is -2.46. The molecule has 0 aliphatic rings. The van der Waals surface area contributed by atoms with Crippen LogP contribution in [0.5, 0.6) is 0 Å². The summed E-state index contributed by atoms with van der Waals surface area (Å²) >= 11 is 0. The summed E-state index contributed by atoms with van der Waals surface area (Å²) in [4.78, 5) is 10.5. The molecule has 0 saturated heterocycles. The van der Waals surface area contributed by atoms with E-state index in [0.29, 0.717) is 0 Å². The van der Waals surface area contributed by atoms with Gasteiger partial charge in [0.05, 0.1) is 6.61 Å². The molecule has 0 radical (unpaired) electrons. The average molecular weight is 198 g/mol. The summed E-state index contributed by atoms with van der Waals surface area (Å²) in [7, 11) is 0. The van der Waals surface area contributed by atoms with Crippen LogP contribution in [0.4, 0.5) is 4.39 Å². The Balaban J connectivity index is 4.24. The maximum absolute atomic E-state index is 11.9. The van der Waals surface area contributed by atoms with E-state index in [1.807, 2.05) is 0 Å². The Kier molecular flexibility index (Phi) is 4.96. The molecule has 5 N–H and O–H groups in total. The second-order valence-corrected chi connectivity index (χ2v) is 2.42. The summed E-state index contributed by atoms with van der Waals surface area (Å²) in [6.45, 7) is -0.895. The Morgan fingerprint density at radius 3 is 2.00 bits per heavy atom. The maximum atomic E-state index is 11.9. The number of ketones is 1. The number of carbonyl (C=O) groups excluding carboxylic acids is 1. The summed E-state index contributed by atoms with van der Waals surface area (Å²) in [6.07, 6.45) is -8.97. The van der Waals surface area contributed by atoms with Crippen molar-refractivity contribution in [2.75, 3.05) is 6.61 Å². The fraction of sp³-hybridized carbons (Fsp3) is 0.833. The first-order chi connectivity index (χ1) is 5.91. The summed E-state index contributed by atoms with van der Waals surface area (Å²) in [5.41, 5.74) is 0. The zero-order valence-corrected chi connectivity index (χ0v) is 6.54. The number of hydrogen-bond donors (Lipinski definition) is 5. The molecule has 0 aliphatic heterocycles. The van der Waals surface area contributed by atoms with Gasteiger partial charge in [-0.3, -0.25) is 4.79 Å². The third-order valence-electron chi connectivity index (χ3n) is 1.43.